The lowest BCUT2D eigenvalue weighted by Crippen LogP contribution is -2.50. The van der Waals surface area contributed by atoms with Crippen molar-refractivity contribution in [3.8, 4) is 0 Å². The van der Waals surface area contributed by atoms with Crippen molar-refractivity contribution < 1.29 is 0 Å². The van der Waals surface area contributed by atoms with Crippen LogP contribution in [0.25, 0.3) is 0 Å². The highest BCUT2D eigenvalue weighted by molar-refractivity contribution is 8.04. The van der Waals surface area contributed by atoms with E-state index in [4.69, 9.17) is 11.1 Å². The van der Waals surface area contributed by atoms with Gasteiger partial charge < -0.3 is 16.0 Å². The van der Waals surface area contributed by atoms with Crippen LogP contribution in [-0.2, 0) is 0 Å². The molecule has 1 saturated heterocycles. The molecule has 0 aromatic carbocycles. The van der Waals surface area contributed by atoms with Crippen molar-refractivity contribution in [2.24, 2.45) is 5.73 Å². The molecule has 0 radical (unpaired) electrons. The molecule has 0 aromatic rings. The van der Waals surface area contributed by atoms with E-state index in [1.54, 1.807) is 11.8 Å². The highest BCUT2D eigenvalue weighted by Gasteiger charge is 2.30. The average Bonchev–Trinajstić information content (AvgIpc) is 2.62. The third kappa shape index (κ3) is 2.27. The van der Waals surface area contributed by atoms with Gasteiger partial charge >= 0.3 is 0 Å². The van der Waals surface area contributed by atoms with Crippen LogP contribution in [0.15, 0.2) is 11.1 Å². The Labute approximate surface area is 94.2 Å². The summed E-state index contributed by atoms with van der Waals surface area (Å²) in [6, 6.07) is 0. The predicted molar refractivity (Wildman–Crippen MR) is 63.6 cm³/mol. The van der Waals surface area contributed by atoms with E-state index >= 15 is 0 Å². The Morgan fingerprint density at radius 1 is 1.60 bits per heavy atom. The number of piperazine rings is 1. The monoisotopic (exact) mass is 227 g/mol. The summed E-state index contributed by atoms with van der Waals surface area (Å²) in [7, 11) is 2.04. The quantitative estimate of drug-likeness (QED) is 0.444. The van der Waals surface area contributed by atoms with Crippen LogP contribution in [0.2, 0.25) is 0 Å². The van der Waals surface area contributed by atoms with Gasteiger partial charge in [-0.2, -0.15) is 0 Å². The molecule has 1 atom stereocenters. The van der Waals surface area contributed by atoms with Gasteiger partial charge in [0.05, 0.1) is 4.91 Å². The standard InChI is InChI=1S/C9H17N5S/c1-13-6-7(8(10)11)15-9(13)14-4-2-12-3-5-14/h6,9,12H,2-5H2,1H3,(H3,10,11). The molecule has 6 heteroatoms. The molecular weight excluding hydrogens is 210 g/mol. The normalized spacial score (nSPS) is 27.9. The first-order valence-electron chi connectivity index (χ1n) is 5.08. The zero-order chi connectivity index (χ0) is 10.8. The van der Waals surface area contributed by atoms with E-state index in [1.807, 2.05) is 13.2 Å². The van der Waals surface area contributed by atoms with Crippen LogP contribution in [0.1, 0.15) is 0 Å². The van der Waals surface area contributed by atoms with Crippen LogP contribution in [0.3, 0.4) is 0 Å². The fraction of sp³-hybridized carbons (Fsp3) is 0.667. The van der Waals surface area contributed by atoms with Crippen molar-refractivity contribution >= 4 is 17.6 Å². The highest BCUT2D eigenvalue weighted by Crippen LogP contribution is 2.33. The zero-order valence-electron chi connectivity index (χ0n) is 8.86. The smallest absolute Gasteiger partial charge is 0.134 e. The highest BCUT2D eigenvalue weighted by atomic mass is 32.2. The maximum atomic E-state index is 7.42. The molecule has 0 saturated carbocycles. The molecule has 1 unspecified atom stereocenters. The summed E-state index contributed by atoms with van der Waals surface area (Å²) in [6.07, 6.45) is 1.96. The summed E-state index contributed by atoms with van der Waals surface area (Å²) in [5.74, 6) is 0.171. The van der Waals surface area contributed by atoms with Gasteiger partial charge in [0, 0.05) is 39.4 Å². The number of hydrogen-bond donors (Lipinski definition) is 3. The molecule has 0 aliphatic carbocycles. The van der Waals surface area contributed by atoms with Gasteiger partial charge in [-0.05, 0) is 0 Å². The Morgan fingerprint density at radius 2 is 2.27 bits per heavy atom. The van der Waals surface area contributed by atoms with Gasteiger partial charge in [-0.1, -0.05) is 11.8 Å². The Bertz CT molecular complexity index is 284. The molecule has 2 heterocycles. The largest absolute Gasteiger partial charge is 0.383 e. The van der Waals surface area contributed by atoms with Crippen molar-refractivity contribution in [1.29, 1.82) is 5.41 Å². The summed E-state index contributed by atoms with van der Waals surface area (Å²) in [6.45, 7) is 4.20. The van der Waals surface area contributed by atoms with Crippen molar-refractivity contribution in [3.63, 3.8) is 0 Å². The summed E-state index contributed by atoms with van der Waals surface area (Å²) in [4.78, 5) is 5.42. The molecular formula is C9H17N5S. The van der Waals surface area contributed by atoms with Gasteiger partial charge in [0.25, 0.3) is 0 Å². The second kappa shape index (κ2) is 4.42. The van der Waals surface area contributed by atoms with E-state index in [2.05, 4.69) is 15.1 Å². The number of hydrogen-bond acceptors (Lipinski definition) is 5. The van der Waals surface area contributed by atoms with Crippen molar-refractivity contribution in [3.05, 3.63) is 11.1 Å². The summed E-state index contributed by atoms with van der Waals surface area (Å²) in [5, 5.41) is 10.8. The van der Waals surface area contributed by atoms with Crippen LogP contribution in [0.5, 0.6) is 0 Å². The summed E-state index contributed by atoms with van der Waals surface area (Å²) >= 11 is 1.67. The predicted octanol–water partition coefficient (Wildman–Crippen LogP) is -0.369. The second-order valence-corrected chi connectivity index (χ2v) is 4.90. The van der Waals surface area contributed by atoms with Crippen LogP contribution in [0.4, 0.5) is 0 Å². The van der Waals surface area contributed by atoms with Gasteiger partial charge in [0.2, 0.25) is 0 Å². The summed E-state index contributed by atoms with van der Waals surface area (Å²) in [5.41, 5.74) is 5.80. The first-order valence-corrected chi connectivity index (χ1v) is 5.96. The fourth-order valence-corrected chi connectivity index (χ4v) is 3.01. The maximum absolute atomic E-state index is 7.42. The van der Waals surface area contributed by atoms with Crippen LogP contribution in [-0.4, -0.2) is 54.4 Å². The molecule has 2 aliphatic heterocycles. The van der Waals surface area contributed by atoms with Crippen LogP contribution < -0.4 is 11.1 Å². The molecule has 84 valence electrons. The topological polar surface area (TPSA) is 68.4 Å². The lowest BCUT2D eigenvalue weighted by molar-refractivity contribution is 0.148. The van der Waals surface area contributed by atoms with Crippen LogP contribution >= 0.6 is 11.8 Å². The minimum atomic E-state index is 0.171. The van der Waals surface area contributed by atoms with Gasteiger partial charge in [0.1, 0.15) is 11.3 Å². The number of nitrogens with zero attached hydrogens (tertiary/aromatic N) is 2. The van der Waals surface area contributed by atoms with E-state index in [-0.39, 0.29) is 5.84 Å². The van der Waals surface area contributed by atoms with Crippen LogP contribution in [0, 0.1) is 5.41 Å². The number of rotatable bonds is 2. The van der Waals surface area contributed by atoms with E-state index in [0.29, 0.717) is 5.50 Å². The second-order valence-electron chi connectivity index (χ2n) is 3.80. The first-order chi connectivity index (χ1) is 7.18. The van der Waals surface area contributed by atoms with E-state index in [0.717, 1.165) is 31.1 Å². The van der Waals surface area contributed by atoms with Crippen molar-refractivity contribution in [1.82, 2.24) is 15.1 Å². The minimum Gasteiger partial charge on any atom is -0.383 e. The molecule has 0 aromatic heterocycles. The SMILES string of the molecule is CN1C=C(C(=N)N)SC1N1CCNCC1. The number of amidine groups is 1. The molecule has 2 aliphatic rings. The third-order valence-electron chi connectivity index (χ3n) is 2.63. The minimum absolute atomic E-state index is 0.171. The molecule has 2 rings (SSSR count). The van der Waals surface area contributed by atoms with Crippen molar-refractivity contribution in [2.75, 3.05) is 33.2 Å². The maximum Gasteiger partial charge on any atom is 0.134 e. The van der Waals surface area contributed by atoms with Gasteiger partial charge in [-0.15, -0.1) is 0 Å². The number of nitrogens with one attached hydrogen (secondary N) is 2. The molecule has 4 N–H and O–H groups in total. The molecule has 0 bridgehead atoms. The molecule has 0 amide bonds. The van der Waals surface area contributed by atoms with Gasteiger partial charge in [-0.3, -0.25) is 10.3 Å². The third-order valence-corrected chi connectivity index (χ3v) is 4.05. The first kappa shape index (κ1) is 10.8. The fourth-order valence-electron chi connectivity index (χ4n) is 1.84. The molecule has 1 fully saturated rings. The number of nitrogens with two attached hydrogens (primary N) is 1. The average molecular weight is 227 g/mol. The van der Waals surface area contributed by atoms with Gasteiger partial charge in [0.15, 0.2) is 0 Å². The Kier molecular flexibility index (Phi) is 3.18. The van der Waals surface area contributed by atoms with E-state index in [1.165, 1.54) is 0 Å². The number of thioether (sulfide) groups is 1. The molecule has 5 nitrogen and oxygen atoms in total. The lowest BCUT2D eigenvalue weighted by Gasteiger charge is -2.35. The van der Waals surface area contributed by atoms with E-state index < -0.39 is 0 Å². The van der Waals surface area contributed by atoms with E-state index in [9.17, 15) is 0 Å². The Hall–Kier alpha value is -0.720. The Morgan fingerprint density at radius 3 is 2.80 bits per heavy atom. The molecule has 15 heavy (non-hydrogen) atoms. The molecule has 0 spiro atoms. The zero-order valence-corrected chi connectivity index (χ0v) is 9.68. The lowest BCUT2D eigenvalue weighted by atomic mass is 10.4. The van der Waals surface area contributed by atoms with Crippen molar-refractivity contribution in [2.45, 2.75) is 5.50 Å². The summed E-state index contributed by atoms with van der Waals surface area (Å²) < 4.78 is 0. The Balaban J connectivity index is 1.98. The van der Waals surface area contributed by atoms with Gasteiger partial charge in [-0.25, -0.2) is 0 Å².